The fourth-order valence-corrected chi connectivity index (χ4v) is 1.52. The second kappa shape index (κ2) is 5.19. The summed E-state index contributed by atoms with van der Waals surface area (Å²) >= 11 is 0. The lowest BCUT2D eigenvalue weighted by Gasteiger charge is -2.27. The highest BCUT2D eigenvalue weighted by Crippen LogP contribution is 2.14. The Balaban J connectivity index is 2.37. The van der Waals surface area contributed by atoms with E-state index in [0.717, 1.165) is 13.0 Å². The van der Waals surface area contributed by atoms with Crippen LogP contribution in [0.15, 0.2) is 0 Å². The van der Waals surface area contributed by atoms with Crippen LogP contribution in [0.25, 0.3) is 0 Å². The van der Waals surface area contributed by atoms with Crippen molar-refractivity contribution in [3.8, 4) is 0 Å². The molecule has 1 aliphatic heterocycles. The van der Waals surface area contributed by atoms with Gasteiger partial charge in [-0.3, -0.25) is 4.79 Å². The van der Waals surface area contributed by atoms with Crippen LogP contribution in [0.2, 0.25) is 0 Å². The molecule has 0 unspecified atom stereocenters. The topological polar surface area (TPSA) is 47.6 Å². The SMILES string of the molecule is CCOC(=O)[C@H]1CNC[C@@H](OC)C1. The zero-order valence-electron chi connectivity index (χ0n) is 8.21. The first-order chi connectivity index (χ1) is 6.27. The number of methoxy groups -OCH3 is 1. The normalized spacial score (nSPS) is 28.5. The van der Waals surface area contributed by atoms with Crippen LogP contribution in [0.1, 0.15) is 13.3 Å². The number of rotatable bonds is 3. The van der Waals surface area contributed by atoms with Crippen molar-refractivity contribution in [3.63, 3.8) is 0 Å². The number of carbonyl (C=O) groups is 1. The van der Waals surface area contributed by atoms with Gasteiger partial charge in [-0.15, -0.1) is 0 Å². The van der Waals surface area contributed by atoms with Crippen molar-refractivity contribution in [2.45, 2.75) is 19.4 Å². The van der Waals surface area contributed by atoms with E-state index >= 15 is 0 Å². The van der Waals surface area contributed by atoms with Gasteiger partial charge in [-0.2, -0.15) is 0 Å². The van der Waals surface area contributed by atoms with E-state index in [1.807, 2.05) is 6.92 Å². The van der Waals surface area contributed by atoms with Gasteiger partial charge in [-0.1, -0.05) is 0 Å². The largest absolute Gasteiger partial charge is 0.466 e. The standard InChI is InChI=1S/C9H17NO3/c1-3-13-9(11)7-4-8(12-2)6-10-5-7/h7-8,10H,3-6H2,1-2H3/t7-,8+/m1/s1. The predicted octanol–water partition coefficient (Wildman–Crippen LogP) is 0.174. The number of hydrogen-bond acceptors (Lipinski definition) is 4. The first-order valence-electron chi connectivity index (χ1n) is 4.68. The molecule has 0 radical (unpaired) electrons. The second-order valence-electron chi connectivity index (χ2n) is 3.20. The number of carbonyl (C=O) groups excluding carboxylic acids is 1. The summed E-state index contributed by atoms with van der Waals surface area (Å²) in [5.41, 5.74) is 0. The van der Waals surface area contributed by atoms with Crippen LogP contribution < -0.4 is 5.32 Å². The van der Waals surface area contributed by atoms with Crippen LogP contribution in [-0.4, -0.2) is 38.9 Å². The van der Waals surface area contributed by atoms with Crippen molar-refractivity contribution in [1.29, 1.82) is 0 Å². The van der Waals surface area contributed by atoms with Gasteiger partial charge in [0.15, 0.2) is 0 Å². The smallest absolute Gasteiger partial charge is 0.310 e. The molecule has 4 heteroatoms. The van der Waals surface area contributed by atoms with Gasteiger partial charge in [0.1, 0.15) is 0 Å². The van der Waals surface area contributed by atoms with Crippen LogP contribution in [0, 0.1) is 5.92 Å². The third-order valence-electron chi connectivity index (χ3n) is 2.26. The van der Waals surface area contributed by atoms with Crippen LogP contribution in [-0.2, 0) is 14.3 Å². The zero-order valence-corrected chi connectivity index (χ0v) is 8.21. The third-order valence-corrected chi connectivity index (χ3v) is 2.26. The molecular weight excluding hydrogens is 170 g/mol. The van der Waals surface area contributed by atoms with Gasteiger partial charge in [-0.25, -0.2) is 0 Å². The Bertz CT molecular complexity index is 172. The van der Waals surface area contributed by atoms with Crippen molar-refractivity contribution in [3.05, 3.63) is 0 Å². The molecule has 0 aromatic heterocycles. The molecule has 0 saturated carbocycles. The van der Waals surface area contributed by atoms with Gasteiger partial charge in [0.05, 0.1) is 18.6 Å². The van der Waals surface area contributed by atoms with Crippen LogP contribution in [0.3, 0.4) is 0 Å². The van der Waals surface area contributed by atoms with Gasteiger partial charge < -0.3 is 14.8 Å². The fourth-order valence-electron chi connectivity index (χ4n) is 1.52. The van der Waals surface area contributed by atoms with Crippen molar-refractivity contribution in [2.75, 3.05) is 26.8 Å². The Hall–Kier alpha value is -0.610. The Labute approximate surface area is 78.6 Å². The Morgan fingerprint density at radius 2 is 2.31 bits per heavy atom. The molecule has 0 amide bonds. The second-order valence-corrected chi connectivity index (χ2v) is 3.20. The quantitative estimate of drug-likeness (QED) is 0.640. The van der Waals surface area contributed by atoms with Gasteiger partial charge in [0, 0.05) is 20.2 Å². The van der Waals surface area contributed by atoms with Crippen molar-refractivity contribution in [2.24, 2.45) is 5.92 Å². The summed E-state index contributed by atoms with van der Waals surface area (Å²) < 4.78 is 10.1. The van der Waals surface area contributed by atoms with E-state index < -0.39 is 0 Å². The van der Waals surface area contributed by atoms with Gasteiger partial charge >= 0.3 is 5.97 Å². The maximum Gasteiger partial charge on any atom is 0.310 e. The molecule has 1 aliphatic rings. The number of esters is 1. The van der Waals surface area contributed by atoms with E-state index in [1.165, 1.54) is 0 Å². The molecule has 1 rings (SSSR count). The number of hydrogen-bond donors (Lipinski definition) is 1. The highest BCUT2D eigenvalue weighted by atomic mass is 16.5. The summed E-state index contributed by atoms with van der Waals surface area (Å²) in [6, 6.07) is 0. The lowest BCUT2D eigenvalue weighted by molar-refractivity contribution is -0.150. The molecule has 1 heterocycles. The molecule has 0 bridgehead atoms. The summed E-state index contributed by atoms with van der Waals surface area (Å²) in [4.78, 5) is 11.3. The summed E-state index contributed by atoms with van der Waals surface area (Å²) in [6.07, 6.45) is 0.908. The molecule has 0 aliphatic carbocycles. The monoisotopic (exact) mass is 187 g/mol. The minimum Gasteiger partial charge on any atom is -0.466 e. The summed E-state index contributed by atoms with van der Waals surface area (Å²) in [7, 11) is 1.67. The van der Waals surface area contributed by atoms with Gasteiger partial charge in [-0.05, 0) is 13.3 Å². The van der Waals surface area contributed by atoms with Gasteiger partial charge in [0.2, 0.25) is 0 Å². The predicted molar refractivity (Wildman–Crippen MR) is 48.4 cm³/mol. The van der Waals surface area contributed by atoms with Crippen LogP contribution in [0.4, 0.5) is 0 Å². The van der Waals surface area contributed by atoms with E-state index in [2.05, 4.69) is 5.32 Å². The Morgan fingerprint density at radius 1 is 1.54 bits per heavy atom. The van der Waals surface area contributed by atoms with Crippen LogP contribution >= 0.6 is 0 Å². The maximum absolute atomic E-state index is 11.3. The first kappa shape index (κ1) is 10.5. The zero-order chi connectivity index (χ0) is 9.68. The van der Waals surface area contributed by atoms with Crippen molar-refractivity contribution >= 4 is 5.97 Å². The number of ether oxygens (including phenoxy) is 2. The Morgan fingerprint density at radius 3 is 2.92 bits per heavy atom. The lowest BCUT2D eigenvalue weighted by Crippen LogP contribution is -2.43. The molecule has 1 fully saturated rings. The molecular formula is C9H17NO3. The van der Waals surface area contributed by atoms with Crippen LogP contribution in [0.5, 0.6) is 0 Å². The first-order valence-corrected chi connectivity index (χ1v) is 4.68. The average molecular weight is 187 g/mol. The highest BCUT2D eigenvalue weighted by molar-refractivity contribution is 5.72. The minimum absolute atomic E-state index is 0.0429. The molecule has 4 nitrogen and oxygen atoms in total. The molecule has 76 valence electrons. The summed E-state index contributed by atoms with van der Waals surface area (Å²) in [5.74, 6) is -0.157. The highest BCUT2D eigenvalue weighted by Gasteiger charge is 2.27. The maximum atomic E-state index is 11.3. The molecule has 13 heavy (non-hydrogen) atoms. The molecule has 1 N–H and O–H groups in total. The van der Waals surface area contributed by atoms with E-state index in [0.29, 0.717) is 13.2 Å². The third kappa shape index (κ3) is 2.97. The van der Waals surface area contributed by atoms with E-state index in [-0.39, 0.29) is 18.0 Å². The lowest BCUT2D eigenvalue weighted by atomic mass is 9.98. The average Bonchev–Trinajstić information content (AvgIpc) is 2.18. The minimum atomic E-state index is -0.114. The number of nitrogens with one attached hydrogen (secondary N) is 1. The Kier molecular flexibility index (Phi) is 4.18. The van der Waals surface area contributed by atoms with E-state index in [1.54, 1.807) is 7.11 Å². The fraction of sp³-hybridized carbons (Fsp3) is 0.889. The molecule has 0 aromatic carbocycles. The van der Waals surface area contributed by atoms with Gasteiger partial charge in [0.25, 0.3) is 0 Å². The van der Waals surface area contributed by atoms with E-state index in [9.17, 15) is 4.79 Å². The number of piperidine rings is 1. The van der Waals surface area contributed by atoms with Crippen molar-refractivity contribution in [1.82, 2.24) is 5.32 Å². The van der Waals surface area contributed by atoms with E-state index in [4.69, 9.17) is 9.47 Å². The summed E-state index contributed by atoms with van der Waals surface area (Å²) in [5, 5.41) is 3.15. The molecule has 0 spiro atoms. The van der Waals surface area contributed by atoms with Crippen molar-refractivity contribution < 1.29 is 14.3 Å². The molecule has 1 saturated heterocycles. The molecule has 0 aromatic rings. The summed E-state index contributed by atoms with van der Waals surface area (Å²) in [6.45, 7) is 3.81. The molecule has 2 atom stereocenters.